The van der Waals surface area contributed by atoms with Crippen LogP contribution in [-0.2, 0) is 5.60 Å². The van der Waals surface area contributed by atoms with Crippen LogP contribution in [0.1, 0.15) is 31.9 Å². The Morgan fingerprint density at radius 3 is 2.14 bits per heavy atom. The van der Waals surface area contributed by atoms with Gasteiger partial charge in [-0.15, -0.1) is 0 Å². The van der Waals surface area contributed by atoms with Crippen LogP contribution in [0.15, 0.2) is 78.9 Å². The molecule has 1 amide bonds. The molecule has 0 aliphatic rings. The lowest BCUT2D eigenvalue weighted by Crippen LogP contribution is -2.34. The zero-order chi connectivity index (χ0) is 20.1. The van der Waals surface area contributed by atoms with E-state index in [2.05, 4.69) is 5.32 Å². The zero-order valence-electron chi connectivity index (χ0n) is 16.3. The fourth-order valence-corrected chi connectivity index (χ4v) is 3.15. The van der Waals surface area contributed by atoms with Gasteiger partial charge in [0.05, 0.1) is 0 Å². The third-order valence-electron chi connectivity index (χ3n) is 4.56. The molecule has 144 valence electrons. The van der Waals surface area contributed by atoms with E-state index in [1.165, 1.54) is 0 Å². The predicted octanol–water partition coefficient (Wildman–Crippen LogP) is 5.11. The van der Waals surface area contributed by atoms with Gasteiger partial charge in [-0.2, -0.15) is 0 Å². The Morgan fingerprint density at radius 2 is 1.54 bits per heavy atom. The molecule has 1 atom stereocenters. The van der Waals surface area contributed by atoms with Crippen LogP contribution >= 0.6 is 0 Å². The number of aliphatic hydroxyl groups is 1. The number of benzene rings is 3. The number of amides is 1. The highest BCUT2D eigenvalue weighted by atomic mass is 16.6. The second-order valence-electron chi connectivity index (χ2n) is 7.18. The lowest BCUT2D eigenvalue weighted by atomic mass is 9.85. The Balaban J connectivity index is 2.15. The summed E-state index contributed by atoms with van der Waals surface area (Å²) >= 11 is 0. The Hall–Kier alpha value is -3.11. The minimum Gasteiger partial charge on any atom is -0.409 e. The summed E-state index contributed by atoms with van der Waals surface area (Å²) in [6.45, 7) is 5.44. The molecule has 0 bridgehead atoms. The highest BCUT2D eigenvalue weighted by Gasteiger charge is 2.31. The lowest BCUT2D eigenvalue weighted by molar-refractivity contribution is 0.0990. The number of para-hydroxylation sites is 1. The maximum atomic E-state index is 12.4. The van der Waals surface area contributed by atoms with Crippen molar-refractivity contribution in [2.24, 2.45) is 0 Å². The molecule has 3 aromatic carbocycles. The normalized spacial score (nSPS) is 13.0. The van der Waals surface area contributed by atoms with E-state index in [1.807, 2.05) is 86.6 Å². The van der Waals surface area contributed by atoms with Crippen molar-refractivity contribution in [2.75, 3.05) is 0 Å². The molecule has 0 saturated carbocycles. The van der Waals surface area contributed by atoms with Crippen LogP contribution in [-0.4, -0.2) is 17.2 Å². The van der Waals surface area contributed by atoms with Gasteiger partial charge in [0, 0.05) is 17.2 Å². The number of rotatable bonds is 5. The molecule has 0 radical (unpaired) electrons. The number of carbonyl (C=O) groups is 1. The van der Waals surface area contributed by atoms with Crippen LogP contribution in [0.4, 0.5) is 4.79 Å². The van der Waals surface area contributed by atoms with Gasteiger partial charge in [-0.05, 0) is 31.9 Å². The van der Waals surface area contributed by atoms with Gasteiger partial charge in [-0.25, -0.2) is 4.79 Å². The maximum Gasteiger partial charge on any atom is 0.412 e. The van der Waals surface area contributed by atoms with Crippen LogP contribution in [0.2, 0.25) is 0 Å². The standard InChI is InChI=1S/C24H25NO3/c1-17(2)25-23(26)28-22-20(18-11-6-4-7-12-18)15-10-16-21(22)24(3,27)19-13-8-5-9-14-19/h4-17,27H,1-3H3,(H,25,26). The summed E-state index contributed by atoms with van der Waals surface area (Å²) in [6, 6.07) is 24.5. The summed E-state index contributed by atoms with van der Waals surface area (Å²) < 4.78 is 5.74. The van der Waals surface area contributed by atoms with E-state index < -0.39 is 11.7 Å². The summed E-state index contributed by atoms with van der Waals surface area (Å²) in [4.78, 5) is 12.4. The summed E-state index contributed by atoms with van der Waals surface area (Å²) in [5.74, 6) is 0.348. The molecule has 0 saturated heterocycles. The molecule has 0 aromatic heterocycles. The molecule has 28 heavy (non-hydrogen) atoms. The van der Waals surface area contributed by atoms with Crippen molar-refractivity contribution >= 4 is 6.09 Å². The van der Waals surface area contributed by atoms with E-state index in [1.54, 1.807) is 13.0 Å². The number of hydrogen-bond acceptors (Lipinski definition) is 3. The highest BCUT2D eigenvalue weighted by Crippen LogP contribution is 2.41. The molecule has 1 unspecified atom stereocenters. The molecule has 2 N–H and O–H groups in total. The SMILES string of the molecule is CC(C)NC(=O)Oc1c(-c2ccccc2)cccc1C(C)(O)c1ccccc1. The molecule has 4 nitrogen and oxygen atoms in total. The summed E-state index contributed by atoms with van der Waals surface area (Å²) in [5, 5.41) is 14.1. The first-order chi connectivity index (χ1) is 13.4. The van der Waals surface area contributed by atoms with E-state index in [-0.39, 0.29) is 6.04 Å². The molecule has 0 spiro atoms. The van der Waals surface area contributed by atoms with E-state index in [0.717, 1.165) is 11.1 Å². The van der Waals surface area contributed by atoms with Crippen molar-refractivity contribution in [3.8, 4) is 16.9 Å². The molecule has 0 aliphatic carbocycles. The highest BCUT2D eigenvalue weighted by molar-refractivity contribution is 5.79. The molecule has 4 heteroatoms. The van der Waals surface area contributed by atoms with Crippen LogP contribution in [0.5, 0.6) is 5.75 Å². The first-order valence-electron chi connectivity index (χ1n) is 9.34. The Bertz CT molecular complexity index is 935. The Morgan fingerprint density at radius 1 is 0.929 bits per heavy atom. The third kappa shape index (κ3) is 4.24. The number of ether oxygens (including phenoxy) is 1. The topological polar surface area (TPSA) is 58.6 Å². The van der Waals surface area contributed by atoms with Crippen molar-refractivity contribution in [3.05, 3.63) is 90.0 Å². The Labute approximate surface area is 165 Å². The van der Waals surface area contributed by atoms with Crippen LogP contribution in [0, 0.1) is 0 Å². The zero-order valence-corrected chi connectivity index (χ0v) is 16.3. The van der Waals surface area contributed by atoms with Crippen molar-refractivity contribution < 1.29 is 14.6 Å². The van der Waals surface area contributed by atoms with Crippen LogP contribution < -0.4 is 10.1 Å². The quantitative estimate of drug-likeness (QED) is 0.652. The lowest BCUT2D eigenvalue weighted by Gasteiger charge is -2.28. The fraction of sp³-hybridized carbons (Fsp3) is 0.208. The largest absolute Gasteiger partial charge is 0.412 e. The minimum atomic E-state index is -1.33. The van der Waals surface area contributed by atoms with Crippen molar-refractivity contribution in [2.45, 2.75) is 32.4 Å². The van der Waals surface area contributed by atoms with E-state index >= 15 is 0 Å². The summed E-state index contributed by atoms with van der Waals surface area (Å²) in [7, 11) is 0. The average Bonchev–Trinajstić information content (AvgIpc) is 2.68. The molecular formula is C24H25NO3. The van der Waals surface area contributed by atoms with Gasteiger partial charge in [0.25, 0.3) is 0 Å². The predicted molar refractivity (Wildman–Crippen MR) is 111 cm³/mol. The smallest absolute Gasteiger partial charge is 0.409 e. The first kappa shape index (κ1) is 19.6. The Kier molecular flexibility index (Phi) is 5.81. The van der Waals surface area contributed by atoms with Gasteiger partial charge in [-0.3, -0.25) is 0 Å². The number of hydrogen-bond donors (Lipinski definition) is 2. The molecule has 0 heterocycles. The van der Waals surface area contributed by atoms with Crippen LogP contribution in [0.3, 0.4) is 0 Å². The number of nitrogens with one attached hydrogen (secondary N) is 1. The van der Waals surface area contributed by atoms with Gasteiger partial charge in [0.15, 0.2) is 0 Å². The molecular weight excluding hydrogens is 350 g/mol. The van der Waals surface area contributed by atoms with Crippen molar-refractivity contribution in [1.29, 1.82) is 0 Å². The van der Waals surface area contributed by atoms with Crippen molar-refractivity contribution in [1.82, 2.24) is 5.32 Å². The second kappa shape index (κ2) is 8.28. The second-order valence-corrected chi connectivity index (χ2v) is 7.18. The fourth-order valence-electron chi connectivity index (χ4n) is 3.15. The van der Waals surface area contributed by atoms with Gasteiger partial charge < -0.3 is 15.2 Å². The van der Waals surface area contributed by atoms with E-state index in [9.17, 15) is 9.90 Å². The van der Waals surface area contributed by atoms with Gasteiger partial charge in [0.1, 0.15) is 11.4 Å². The monoisotopic (exact) mass is 375 g/mol. The molecule has 0 aliphatic heterocycles. The van der Waals surface area contributed by atoms with E-state index in [0.29, 0.717) is 16.9 Å². The van der Waals surface area contributed by atoms with Gasteiger partial charge in [0.2, 0.25) is 0 Å². The van der Waals surface area contributed by atoms with Crippen molar-refractivity contribution in [3.63, 3.8) is 0 Å². The van der Waals surface area contributed by atoms with Gasteiger partial charge in [-0.1, -0.05) is 78.9 Å². The number of carbonyl (C=O) groups excluding carboxylic acids is 1. The summed E-state index contributed by atoms with van der Waals surface area (Å²) in [6.07, 6.45) is -0.552. The maximum absolute atomic E-state index is 12.4. The molecule has 3 rings (SSSR count). The average molecular weight is 375 g/mol. The van der Waals surface area contributed by atoms with E-state index in [4.69, 9.17) is 4.74 Å². The minimum absolute atomic E-state index is 0.0607. The third-order valence-corrected chi connectivity index (χ3v) is 4.56. The molecule has 3 aromatic rings. The van der Waals surface area contributed by atoms with Crippen LogP contribution in [0.25, 0.3) is 11.1 Å². The first-order valence-corrected chi connectivity index (χ1v) is 9.34. The summed E-state index contributed by atoms with van der Waals surface area (Å²) in [5.41, 5.74) is 1.56. The van der Waals surface area contributed by atoms with Gasteiger partial charge >= 0.3 is 6.09 Å². The molecule has 0 fully saturated rings.